The summed E-state index contributed by atoms with van der Waals surface area (Å²) in [7, 11) is 2.02. The van der Waals surface area contributed by atoms with E-state index in [9.17, 15) is 8.78 Å². The highest BCUT2D eigenvalue weighted by Crippen LogP contribution is 2.20. The van der Waals surface area contributed by atoms with E-state index in [-0.39, 0.29) is 5.56 Å². The van der Waals surface area contributed by atoms with Gasteiger partial charge in [-0.3, -0.25) is 0 Å². The van der Waals surface area contributed by atoms with Gasteiger partial charge in [-0.25, -0.2) is 8.78 Å². The van der Waals surface area contributed by atoms with Crippen LogP contribution >= 0.6 is 0 Å². The lowest BCUT2D eigenvalue weighted by Crippen LogP contribution is -2.31. The summed E-state index contributed by atoms with van der Waals surface area (Å²) >= 11 is 0. The molecule has 2 unspecified atom stereocenters. The van der Waals surface area contributed by atoms with Gasteiger partial charge in [-0.2, -0.15) is 0 Å². The number of benzene rings is 1. The van der Waals surface area contributed by atoms with Crippen LogP contribution in [0.3, 0.4) is 0 Å². The largest absolute Gasteiger partial charge is 0.324 e. The molecule has 0 radical (unpaired) electrons. The van der Waals surface area contributed by atoms with E-state index < -0.39 is 17.7 Å². The first-order valence-electron chi connectivity index (χ1n) is 6.37. The molecule has 0 spiro atoms. The quantitative estimate of drug-likeness (QED) is 0.847. The van der Waals surface area contributed by atoms with Gasteiger partial charge in [-0.15, -0.1) is 0 Å². The monoisotopic (exact) mass is 256 g/mol. The zero-order chi connectivity index (χ0) is 13.7. The molecule has 0 fully saturated rings. The molecule has 1 aromatic carbocycles. The van der Waals surface area contributed by atoms with Crippen molar-refractivity contribution in [2.75, 3.05) is 13.6 Å². The number of hydrogen-bond donors (Lipinski definition) is 1. The topological polar surface area (TPSA) is 29.3 Å². The first-order chi connectivity index (χ1) is 8.47. The summed E-state index contributed by atoms with van der Waals surface area (Å²) in [5.74, 6) is -1.66. The van der Waals surface area contributed by atoms with Crippen LogP contribution in [0.2, 0.25) is 0 Å². The van der Waals surface area contributed by atoms with E-state index in [1.165, 1.54) is 6.07 Å². The molecule has 4 heteroatoms. The van der Waals surface area contributed by atoms with E-state index >= 15 is 0 Å². The molecule has 2 atom stereocenters. The summed E-state index contributed by atoms with van der Waals surface area (Å²) < 4.78 is 26.6. The number of halogens is 2. The average Bonchev–Trinajstić information content (AvgIpc) is 2.37. The van der Waals surface area contributed by atoms with Crippen molar-refractivity contribution in [3.8, 4) is 0 Å². The Morgan fingerprint density at radius 3 is 2.61 bits per heavy atom. The molecule has 0 aliphatic heterocycles. The Labute approximate surface area is 108 Å². The van der Waals surface area contributed by atoms with Crippen LogP contribution in [0.15, 0.2) is 18.2 Å². The minimum atomic E-state index is -0.835. The maximum Gasteiger partial charge on any atom is 0.163 e. The third-order valence-corrected chi connectivity index (χ3v) is 3.52. The van der Waals surface area contributed by atoms with Gasteiger partial charge in [0.1, 0.15) is 0 Å². The summed E-state index contributed by atoms with van der Waals surface area (Å²) in [6, 6.07) is 4.15. The first kappa shape index (κ1) is 15.1. The third-order valence-electron chi connectivity index (χ3n) is 3.52. The van der Waals surface area contributed by atoms with Crippen LogP contribution in [0.25, 0.3) is 0 Å². The molecule has 102 valence electrons. The van der Waals surface area contributed by atoms with E-state index in [0.717, 1.165) is 19.0 Å². The number of nitrogens with zero attached hydrogens (tertiary/aromatic N) is 1. The molecule has 18 heavy (non-hydrogen) atoms. The first-order valence-corrected chi connectivity index (χ1v) is 6.37. The predicted molar refractivity (Wildman–Crippen MR) is 70.3 cm³/mol. The molecule has 0 aromatic heterocycles. The number of rotatable bonds is 6. The van der Waals surface area contributed by atoms with Crippen LogP contribution in [0.1, 0.15) is 38.3 Å². The lowest BCUT2D eigenvalue weighted by atomic mass is 10.0. The van der Waals surface area contributed by atoms with Crippen molar-refractivity contribution in [2.45, 2.75) is 38.8 Å². The standard InChI is InChI=1S/C14H22F2N2/c1-4-10(2)18(3)9-8-13(17)11-6-5-7-12(15)14(11)16/h5-7,10,13H,4,8-9,17H2,1-3H3. The Kier molecular flexibility index (Phi) is 5.69. The van der Waals surface area contributed by atoms with Gasteiger partial charge in [0.15, 0.2) is 11.6 Å². The normalized spacial score (nSPS) is 14.8. The van der Waals surface area contributed by atoms with E-state index in [1.54, 1.807) is 6.07 Å². The highest BCUT2D eigenvalue weighted by Gasteiger charge is 2.16. The molecule has 2 N–H and O–H groups in total. The SMILES string of the molecule is CCC(C)N(C)CCC(N)c1cccc(F)c1F. The summed E-state index contributed by atoms with van der Waals surface area (Å²) in [6.07, 6.45) is 1.67. The summed E-state index contributed by atoms with van der Waals surface area (Å²) in [4.78, 5) is 2.18. The number of nitrogens with two attached hydrogens (primary N) is 1. The summed E-state index contributed by atoms with van der Waals surface area (Å²) in [6.45, 7) is 5.02. The minimum Gasteiger partial charge on any atom is -0.324 e. The van der Waals surface area contributed by atoms with Crippen molar-refractivity contribution in [3.63, 3.8) is 0 Å². The van der Waals surface area contributed by atoms with Crippen LogP contribution in [0.4, 0.5) is 8.78 Å². The van der Waals surface area contributed by atoms with Gasteiger partial charge in [-0.1, -0.05) is 19.1 Å². The summed E-state index contributed by atoms with van der Waals surface area (Å²) in [5, 5.41) is 0. The van der Waals surface area contributed by atoms with Gasteiger partial charge in [0, 0.05) is 17.6 Å². The number of hydrogen-bond acceptors (Lipinski definition) is 2. The second kappa shape index (κ2) is 6.81. The van der Waals surface area contributed by atoms with Crippen molar-refractivity contribution < 1.29 is 8.78 Å². The van der Waals surface area contributed by atoms with E-state index in [2.05, 4.69) is 18.7 Å². The molecule has 0 aliphatic carbocycles. The fraction of sp³-hybridized carbons (Fsp3) is 0.571. The van der Waals surface area contributed by atoms with Crippen molar-refractivity contribution in [1.82, 2.24) is 4.90 Å². The zero-order valence-electron chi connectivity index (χ0n) is 11.3. The Morgan fingerprint density at radius 2 is 2.00 bits per heavy atom. The van der Waals surface area contributed by atoms with Gasteiger partial charge in [0.25, 0.3) is 0 Å². The van der Waals surface area contributed by atoms with E-state index in [0.29, 0.717) is 12.5 Å². The van der Waals surface area contributed by atoms with Gasteiger partial charge in [0.2, 0.25) is 0 Å². The fourth-order valence-electron chi connectivity index (χ4n) is 1.84. The smallest absolute Gasteiger partial charge is 0.163 e. The average molecular weight is 256 g/mol. The van der Waals surface area contributed by atoms with Crippen molar-refractivity contribution >= 4 is 0 Å². The second-order valence-electron chi connectivity index (χ2n) is 4.78. The molecule has 0 bridgehead atoms. The molecule has 0 heterocycles. The van der Waals surface area contributed by atoms with E-state index in [4.69, 9.17) is 5.73 Å². The van der Waals surface area contributed by atoms with Crippen LogP contribution in [0.5, 0.6) is 0 Å². The lowest BCUT2D eigenvalue weighted by molar-refractivity contribution is 0.242. The van der Waals surface area contributed by atoms with Gasteiger partial charge >= 0.3 is 0 Å². The molecular formula is C14H22F2N2. The maximum absolute atomic E-state index is 13.5. The molecule has 0 amide bonds. The van der Waals surface area contributed by atoms with Gasteiger partial charge in [-0.05, 0) is 39.4 Å². The van der Waals surface area contributed by atoms with Crippen molar-refractivity contribution in [2.24, 2.45) is 5.73 Å². The zero-order valence-corrected chi connectivity index (χ0v) is 11.3. The molecule has 2 nitrogen and oxygen atoms in total. The molecule has 0 saturated carbocycles. The van der Waals surface area contributed by atoms with E-state index in [1.807, 2.05) is 7.05 Å². The van der Waals surface area contributed by atoms with Crippen LogP contribution in [-0.4, -0.2) is 24.5 Å². The van der Waals surface area contributed by atoms with Crippen LogP contribution in [0, 0.1) is 11.6 Å². The highest BCUT2D eigenvalue weighted by molar-refractivity contribution is 5.22. The molecule has 0 saturated heterocycles. The summed E-state index contributed by atoms with van der Waals surface area (Å²) in [5.41, 5.74) is 6.18. The third kappa shape index (κ3) is 3.75. The Hall–Kier alpha value is -1.00. The van der Waals surface area contributed by atoms with Crippen molar-refractivity contribution in [3.05, 3.63) is 35.4 Å². The molecule has 1 rings (SSSR count). The van der Waals surface area contributed by atoms with Crippen LogP contribution in [-0.2, 0) is 0 Å². The van der Waals surface area contributed by atoms with Gasteiger partial charge in [0.05, 0.1) is 0 Å². The van der Waals surface area contributed by atoms with Crippen molar-refractivity contribution in [1.29, 1.82) is 0 Å². The van der Waals surface area contributed by atoms with Gasteiger partial charge < -0.3 is 10.6 Å². The molecule has 0 aliphatic rings. The highest BCUT2D eigenvalue weighted by atomic mass is 19.2. The molecular weight excluding hydrogens is 234 g/mol. The molecule has 1 aromatic rings. The Bertz CT molecular complexity index is 382. The minimum absolute atomic E-state index is 0.257. The Morgan fingerprint density at radius 1 is 1.33 bits per heavy atom. The predicted octanol–water partition coefficient (Wildman–Crippen LogP) is 3.09. The van der Waals surface area contributed by atoms with Crippen LogP contribution < -0.4 is 5.73 Å². The Balaban J connectivity index is 2.60. The fourth-order valence-corrected chi connectivity index (χ4v) is 1.84. The maximum atomic E-state index is 13.5. The second-order valence-corrected chi connectivity index (χ2v) is 4.78. The lowest BCUT2D eigenvalue weighted by Gasteiger charge is -2.25.